The van der Waals surface area contributed by atoms with Crippen LogP contribution < -0.4 is 5.73 Å². The van der Waals surface area contributed by atoms with Crippen LogP contribution >= 0.6 is 0 Å². The summed E-state index contributed by atoms with van der Waals surface area (Å²) in [4.78, 5) is 4.81. The Morgan fingerprint density at radius 2 is 1.85 bits per heavy atom. The van der Waals surface area contributed by atoms with Crippen molar-refractivity contribution in [1.82, 2.24) is 9.80 Å². The fourth-order valence-corrected chi connectivity index (χ4v) is 2.07. The first-order valence-electron chi connectivity index (χ1n) is 5.22. The molecule has 0 aromatic heterocycles. The van der Waals surface area contributed by atoms with Gasteiger partial charge in [0.15, 0.2) is 0 Å². The van der Waals surface area contributed by atoms with Crippen LogP contribution in [0.4, 0.5) is 0 Å². The maximum Gasteiger partial charge on any atom is 0.0546 e. The van der Waals surface area contributed by atoms with Gasteiger partial charge in [-0.2, -0.15) is 0 Å². The second kappa shape index (κ2) is 4.40. The van der Waals surface area contributed by atoms with Crippen LogP contribution in [0.1, 0.15) is 20.8 Å². The lowest BCUT2D eigenvalue weighted by atomic mass is 9.99. The lowest BCUT2D eigenvalue weighted by Crippen LogP contribution is -2.58. The Kier molecular flexibility index (Phi) is 3.71. The molecule has 0 radical (unpaired) electrons. The van der Waals surface area contributed by atoms with Gasteiger partial charge in [0.2, 0.25) is 0 Å². The standard InChI is InChI=1S/C10H23N3/c1-8(2)10-7-12(4)5-6-13(10)9(3)11/h8-10H,5-7,11H2,1-4H3. The van der Waals surface area contributed by atoms with Crippen molar-refractivity contribution in [3.8, 4) is 0 Å². The van der Waals surface area contributed by atoms with Crippen LogP contribution in [0.5, 0.6) is 0 Å². The van der Waals surface area contributed by atoms with E-state index in [4.69, 9.17) is 5.73 Å². The van der Waals surface area contributed by atoms with Crippen LogP contribution in [0.15, 0.2) is 0 Å². The molecule has 2 unspecified atom stereocenters. The highest BCUT2D eigenvalue weighted by atomic mass is 15.3. The van der Waals surface area contributed by atoms with Crippen molar-refractivity contribution < 1.29 is 0 Å². The smallest absolute Gasteiger partial charge is 0.0546 e. The van der Waals surface area contributed by atoms with Crippen LogP contribution in [0.25, 0.3) is 0 Å². The first-order valence-corrected chi connectivity index (χ1v) is 5.22. The molecule has 1 fully saturated rings. The van der Waals surface area contributed by atoms with Gasteiger partial charge >= 0.3 is 0 Å². The Morgan fingerprint density at radius 1 is 1.23 bits per heavy atom. The number of nitrogens with two attached hydrogens (primary N) is 1. The van der Waals surface area contributed by atoms with Gasteiger partial charge in [0.05, 0.1) is 6.17 Å². The molecule has 3 heteroatoms. The van der Waals surface area contributed by atoms with Gasteiger partial charge in [-0.15, -0.1) is 0 Å². The van der Waals surface area contributed by atoms with E-state index in [9.17, 15) is 0 Å². The van der Waals surface area contributed by atoms with Gasteiger partial charge in [-0.1, -0.05) is 13.8 Å². The van der Waals surface area contributed by atoms with E-state index >= 15 is 0 Å². The second-order valence-electron chi connectivity index (χ2n) is 4.55. The number of nitrogens with zero attached hydrogens (tertiary/aromatic N) is 2. The summed E-state index contributed by atoms with van der Waals surface area (Å²) in [6, 6.07) is 0.624. The molecule has 2 N–H and O–H groups in total. The Hall–Kier alpha value is -0.120. The SMILES string of the molecule is CC(C)C1CN(C)CCN1C(C)N. The number of rotatable bonds is 2. The first-order chi connectivity index (χ1) is 6.02. The zero-order chi connectivity index (χ0) is 10.0. The largest absolute Gasteiger partial charge is 0.316 e. The van der Waals surface area contributed by atoms with Crippen molar-refractivity contribution in [3.63, 3.8) is 0 Å². The number of piperazine rings is 1. The van der Waals surface area contributed by atoms with E-state index in [2.05, 4.69) is 37.6 Å². The molecule has 13 heavy (non-hydrogen) atoms. The summed E-state index contributed by atoms with van der Waals surface area (Å²) in [5.41, 5.74) is 5.95. The van der Waals surface area contributed by atoms with E-state index in [0.29, 0.717) is 12.0 Å². The van der Waals surface area contributed by atoms with Gasteiger partial charge in [0.25, 0.3) is 0 Å². The lowest BCUT2D eigenvalue weighted by molar-refractivity contribution is 0.0361. The minimum absolute atomic E-state index is 0.195. The van der Waals surface area contributed by atoms with Crippen molar-refractivity contribution in [3.05, 3.63) is 0 Å². The number of likely N-dealkylation sites (N-methyl/N-ethyl adjacent to an activating group) is 1. The number of hydrogen-bond acceptors (Lipinski definition) is 3. The van der Waals surface area contributed by atoms with Crippen LogP contribution in [-0.2, 0) is 0 Å². The van der Waals surface area contributed by atoms with Crippen molar-refractivity contribution in [2.45, 2.75) is 33.0 Å². The fourth-order valence-electron chi connectivity index (χ4n) is 2.07. The Bertz CT molecular complexity index is 156. The van der Waals surface area contributed by atoms with Crippen LogP contribution in [-0.4, -0.2) is 48.7 Å². The molecule has 1 rings (SSSR count). The maximum absolute atomic E-state index is 5.95. The minimum Gasteiger partial charge on any atom is -0.316 e. The highest BCUT2D eigenvalue weighted by Crippen LogP contribution is 2.17. The predicted molar refractivity (Wildman–Crippen MR) is 56.5 cm³/mol. The molecule has 3 nitrogen and oxygen atoms in total. The average Bonchev–Trinajstić information content (AvgIpc) is 2.03. The molecular formula is C10H23N3. The zero-order valence-electron chi connectivity index (χ0n) is 9.33. The normalized spacial score (nSPS) is 29.5. The summed E-state index contributed by atoms with van der Waals surface area (Å²) in [5.74, 6) is 0.689. The third-order valence-corrected chi connectivity index (χ3v) is 2.96. The molecule has 1 aliphatic heterocycles. The van der Waals surface area contributed by atoms with Crippen LogP contribution in [0, 0.1) is 5.92 Å². The maximum atomic E-state index is 5.95. The number of hydrogen-bond donors (Lipinski definition) is 1. The van der Waals surface area contributed by atoms with Crippen LogP contribution in [0.3, 0.4) is 0 Å². The molecule has 0 amide bonds. The van der Waals surface area contributed by atoms with E-state index in [1.54, 1.807) is 0 Å². The zero-order valence-corrected chi connectivity index (χ0v) is 9.33. The summed E-state index contributed by atoms with van der Waals surface area (Å²) in [6.07, 6.45) is 0.195. The highest BCUT2D eigenvalue weighted by Gasteiger charge is 2.29. The van der Waals surface area contributed by atoms with E-state index in [1.807, 2.05) is 0 Å². The molecule has 0 saturated carbocycles. The van der Waals surface area contributed by atoms with Crippen LogP contribution in [0.2, 0.25) is 0 Å². The van der Waals surface area contributed by atoms with Gasteiger partial charge in [-0.05, 0) is 19.9 Å². The molecule has 1 saturated heterocycles. The van der Waals surface area contributed by atoms with E-state index < -0.39 is 0 Å². The van der Waals surface area contributed by atoms with Crippen molar-refractivity contribution in [1.29, 1.82) is 0 Å². The second-order valence-corrected chi connectivity index (χ2v) is 4.55. The molecule has 0 aromatic rings. The molecule has 78 valence electrons. The quantitative estimate of drug-likeness (QED) is 0.682. The topological polar surface area (TPSA) is 32.5 Å². The summed E-state index contributed by atoms with van der Waals surface area (Å²) in [6.45, 7) is 10.0. The summed E-state index contributed by atoms with van der Waals surface area (Å²) in [5, 5.41) is 0. The Balaban J connectivity index is 2.60. The summed E-state index contributed by atoms with van der Waals surface area (Å²) in [7, 11) is 2.19. The highest BCUT2D eigenvalue weighted by molar-refractivity contribution is 4.84. The molecule has 2 atom stereocenters. The van der Waals surface area contributed by atoms with Crippen molar-refractivity contribution >= 4 is 0 Å². The van der Waals surface area contributed by atoms with Gasteiger partial charge < -0.3 is 10.6 Å². The molecule has 0 spiro atoms. The minimum atomic E-state index is 0.195. The first kappa shape index (κ1) is 11.0. The van der Waals surface area contributed by atoms with Crippen molar-refractivity contribution in [2.75, 3.05) is 26.7 Å². The summed E-state index contributed by atoms with van der Waals surface area (Å²) < 4.78 is 0. The average molecular weight is 185 g/mol. The Morgan fingerprint density at radius 3 is 2.31 bits per heavy atom. The van der Waals surface area contributed by atoms with Crippen molar-refractivity contribution in [2.24, 2.45) is 11.7 Å². The molecule has 0 aromatic carbocycles. The predicted octanol–water partition coefficient (Wildman–Crippen LogP) is 0.563. The van der Waals surface area contributed by atoms with E-state index in [-0.39, 0.29) is 6.17 Å². The monoisotopic (exact) mass is 185 g/mol. The third kappa shape index (κ3) is 2.66. The van der Waals surface area contributed by atoms with E-state index in [0.717, 1.165) is 19.6 Å². The molecule has 1 aliphatic rings. The van der Waals surface area contributed by atoms with Gasteiger partial charge in [0, 0.05) is 25.7 Å². The molecule has 0 aliphatic carbocycles. The Labute approximate surface area is 81.9 Å². The fraction of sp³-hybridized carbons (Fsp3) is 1.00. The molecule has 1 heterocycles. The van der Waals surface area contributed by atoms with Gasteiger partial charge in [-0.25, -0.2) is 0 Å². The third-order valence-electron chi connectivity index (χ3n) is 2.96. The molecular weight excluding hydrogens is 162 g/mol. The van der Waals surface area contributed by atoms with E-state index in [1.165, 1.54) is 0 Å². The van der Waals surface area contributed by atoms with Gasteiger partial charge in [0.1, 0.15) is 0 Å². The molecule has 0 bridgehead atoms. The summed E-state index contributed by atoms with van der Waals surface area (Å²) >= 11 is 0. The van der Waals surface area contributed by atoms with Gasteiger partial charge in [-0.3, -0.25) is 4.90 Å². The lowest BCUT2D eigenvalue weighted by Gasteiger charge is -2.44.